The lowest BCUT2D eigenvalue weighted by molar-refractivity contribution is 0.182. The van der Waals surface area contributed by atoms with Crippen LogP contribution in [0.5, 0.6) is 0 Å². The number of rotatable bonds is 3. The van der Waals surface area contributed by atoms with E-state index >= 15 is 0 Å². The number of aromatic nitrogens is 5. The molecule has 0 saturated carbocycles. The van der Waals surface area contributed by atoms with Gasteiger partial charge in [-0.05, 0) is 57.4 Å². The normalized spacial score (nSPS) is 26.9. The number of fused-ring (bicyclic) bond motifs is 5. The van der Waals surface area contributed by atoms with Crippen LogP contribution in [-0.2, 0) is 18.3 Å². The summed E-state index contributed by atoms with van der Waals surface area (Å²) in [5.74, 6) is 1.69. The van der Waals surface area contributed by atoms with Gasteiger partial charge in [0.05, 0.1) is 29.6 Å². The molecule has 1 spiro atoms. The van der Waals surface area contributed by atoms with E-state index in [-0.39, 0.29) is 18.0 Å². The number of anilines is 3. The fourth-order valence-corrected chi connectivity index (χ4v) is 10.6. The van der Waals surface area contributed by atoms with E-state index in [0.717, 1.165) is 97.9 Å². The molecule has 51 heavy (non-hydrogen) atoms. The molecule has 2 aliphatic carbocycles. The summed E-state index contributed by atoms with van der Waals surface area (Å²) in [7, 11) is 0. The molecule has 1 amide bonds. The molecule has 3 unspecified atom stereocenters. The van der Waals surface area contributed by atoms with Gasteiger partial charge in [0.1, 0.15) is 35.1 Å². The molecule has 0 radical (unpaired) electrons. The van der Waals surface area contributed by atoms with E-state index in [2.05, 4.69) is 39.2 Å². The number of nitrogens with one attached hydrogen (secondary N) is 1. The molecule has 3 aliphatic heterocycles. The van der Waals surface area contributed by atoms with Crippen molar-refractivity contribution in [1.29, 1.82) is 10.5 Å². The summed E-state index contributed by atoms with van der Waals surface area (Å²) in [5.41, 5.74) is 9.38. The molecule has 3 N–H and O–H groups in total. The lowest BCUT2D eigenvalue weighted by atomic mass is 9.62. The third kappa shape index (κ3) is 4.83. The van der Waals surface area contributed by atoms with Gasteiger partial charge in [-0.1, -0.05) is 5.16 Å². The number of carbonyl (C=O) groups is 1. The second-order valence-corrected chi connectivity index (χ2v) is 15.6. The average Bonchev–Trinajstić information content (AvgIpc) is 3.96. The van der Waals surface area contributed by atoms with Crippen molar-refractivity contribution in [3.63, 3.8) is 0 Å². The van der Waals surface area contributed by atoms with E-state index in [9.17, 15) is 19.7 Å². The van der Waals surface area contributed by atoms with Crippen LogP contribution >= 0.6 is 11.3 Å². The third-order valence-corrected chi connectivity index (χ3v) is 12.8. The van der Waals surface area contributed by atoms with Crippen molar-refractivity contribution >= 4 is 34.0 Å². The Kier molecular flexibility index (Phi) is 7.52. The van der Waals surface area contributed by atoms with E-state index in [1.807, 2.05) is 6.07 Å². The Labute approximate surface area is 297 Å². The summed E-state index contributed by atoms with van der Waals surface area (Å²) in [5, 5.41) is 28.9. The topological polar surface area (TPSA) is 182 Å². The SMILES string of the molecule is C[C@H]1CNCCN1c1cc(N2CC3CC(C#N)N(C(=O)n4cncc4F)C3C2)nc(-c2onc3c2CCC[C@@]32CCCc3sc(N)c(C#N)c32)n1. The number of nitrogens with two attached hydrogens (primary N) is 1. The second-order valence-electron chi connectivity index (χ2n) is 14.4. The summed E-state index contributed by atoms with van der Waals surface area (Å²) < 4.78 is 21.6. The van der Waals surface area contributed by atoms with Gasteiger partial charge in [-0.3, -0.25) is 0 Å². The molecule has 4 aromatic heterocycles. The Morgan fingerprint density at radius 1 is 1.20 bits per heavy atom. The fourth-order valence-electron chi connectivity index (χ4n) is 9.40. The van der Waals surface area contributed by atoms with Crippen molar-refractivity contribution < 1.29 is 13.7 Å². The molecule has 4 aromatic rings. The first-order chi connectivity index (χ1) is 24.8. The molecule has 0 aromatic carbocycles. The van der Waals surface area contributed by atoms with Crippen LogP contribution in [-0.4, -0.2) is 86.5 Å². The molecule has 16 heteroatoms. The Bertz CT molecular complexity index is 2130. The minimum atomic E-state index is -0.766. The van der Waals surface area contributed by atoms with Gasteiger partial charge in [0.15, 0.2) is 0 Å². The molecule has 3 saturated heterocycles. The third-order valence-electron chi connectivity index (χ3n) is 11.7. The molecule has 7 heterocycles. The van der Waals surface area contributed by atoms with Crippen LogP contribution in [0.4, 0.5) is 25.8 Å². The lowest BCUT2D eigenvalue weighted by Crippen LogP contribution is -2.50. The van der Waals surface area contributed by atoms with E-state index < -0.39 is 23.4 Å². The largest absolute Gasteiger partial charge is 0.389 e. The standard InChI is InChI=1S/C35H37FN12O2S/c1-19-14-40-8-9-46(19)28-11-27(45-16-20-10-21(12-37)48(24(20)17-45)34(49)47-18-41-15-26(47)36)42-33(43-28)30-22-4-2-6-35(31(22)44-50-30)7-3-5-25-29(35)23(13-38)32(39)51-25/h11,15,18-21,24,40H,2-10,14,16-17,39H2,1H3/t19-,20?,21?,24?,35-/m0/s1. The number of hydrogen-bond donors (Lipinski definition) is 2. The number of thiophene rings is 1. The van der Waals surface area contributed by atoms with Crippen molar-refractivity contribution in [1.82, 2.24) is 34.9 Å². The van der Waals surface area contributed by atoms with E-state index in [0.29, 0.717) is 47.5 Å². The first-order valence-corrected chi connectivity index (χ1v) is 18.5. The number of halogens is 1. The van der Waals surface area contributed by atoms with E-state index in [1.54, 1.807) is 0 Å². The predicted octanol–water partition coefficient (Wildman–Crippen LogP) is 3.81. The summed E-state index contributed by atoms with van der Waals surface area (Å²) in [6.07, 6.45) is 7.89. The maximum Gasteiger partial charge on any atom is 0.333 e. The molecule has 14 nitrogen and oxygen atoms in total. The quantitative estimate of drug-likeness (QED) is 0.315. The number of likely N-dealkylation sites (tertiary alicyclic amines) is 1. The Morgan fingerprint density at radius 2 is 2.02 bits per heavy atom. The van der Waals surface area contributed by atoms with Gasteiger partial charge in [-0.15, -0.1) is 11.3 Å². The number of nitrogen functional groups attached to an aromatic ring is 1. The highest BCUT2D eigenvalue weighted by Crippen LogP contribution is 2.55. The zero-order chi connectivity index (χ0) is 35.0. The minimum Gasteiger partial charge on any atom is -0.389 e. The molecule has 9 rings (SSSR count). The van der Waals surface area contributed by atoms with Crippen LogP contribution in [0.1, 0.15) is 66.3 Å². The van der Waals surface area contributed by atoms with Crippen molar-refractivity contribution in [3.05, 3.63) is 51.8 Å². The minimum absolute atomic E-state index is 0.00377. The van der Waals surface area contributed by atoms with Gasteiger partial charge in [-0.25, -0.2) is 24.3 Å². The fraction of sp³-hybridized carbons (Fsp3) is 0.514. The number of nitriles is 2. The van der Waals surface area contributed by atoms with E-state index in [1.165, 1.54) is 21.1 Å². The van der Waals surface area contributed by atoms with Gasteiger partial charge in [-0.2, -0.15) is 14.9 Å². The number of nitrogens with zero attached hydrogens (tertiary/aromatic N) is 10. The van der Waals surface area contributed by atoms with Crippen molar-refractivity contribution in [2.24, 2.45) is 5.92 Å². The van der Waals surface area contributed by atoms with Crippen molar-refractivity contribution in [2.75, 3.05) is 48.3 Å². The summed E-state index contributed by atoms with van der Waals surface area (Å²) >= 11 is 1.52. The van der Waals surface area contributed by atoms with Gasteiger partial charge < -0.3 is 30.3 Å². The maximum absolute atomic E-state index is 14.5. The van der Waals surface area contributed by atoms with Crippen LogP contribution in [0.25, 0.3) is 11.6 Å². The first kappa shape index (κ1) is 31.9. The summed E-state index contributed by atoms with van der Waals surface area (Å²) in [6.45, 7) is 5.56. The molecular formula is C35H37FN12O2S. The van der Waals surface area contributed by atoms with Crippen LogP contribution < -0.4 is 20.9 Å². The van der Waals surface area contributed by atoms with Gasteiger partial charge in [0.2, 0.25) is 17.5 Å². The van der Waals surface area contributed by atoms with Crippen LogP contribution in [0, 0.1) is 34.5 Å². The molecule has 0 bridgehead atoms. The monoisotopic (exact) mass is 708 g/mol. The molecule has 262 valence electrons. The maximum atomic E-state index is 14.5. The van der Waals surface area contributed by atoms with Gasteiger partial charge in [0, 0.05) is 66.6 Å². The van der Waals surface area contributed by atoms with Crippen molar-refractivity contribution in [3.8, 4) is 23.7 Å². The number of imidazole rings is 1. The number of aryl methyl sites for hydroxylation is 1. The molecule has 3 fully saturated rings. The highest BCUT2D eigenvalue weighted by atomic mass is 32.1. The molecular weight excluding hydrogens is 672 g/mol. The Balaban J connectivity index is 1.11. The number of carbonyl (C=O) groups excluding carboxylic acids is 1. The zero-order valence-corrected chi connectivity index (χ0v) is 29.0. The first-order valence-electron chi connectivity index (χ1n) is 17.6. The Hall–Kier alpha value is -5.06. The number of amides is 1. The lowest BCUT2D eigenvalue weighted by Gasteiger charge is -2.39. The zero-order valence-electron chi connectivity index (χ0n) is 28.2. The van der Waals surface area contributed by atoms with Crippen LogP contribution in [0.2, 0.25) is 0 Å². The highest BCUT2D eigenvalue weighted by Gasteiger charge is 2.51. The molecule has 5 atom stereocenters. The second kappa shape index (κ2) is 12.0. The van der Waals surface area contributed by atoms with Crippen LogP contribution in [0.15, 0.2) is 23.1 Å². The highest BCUT2D eigenvalue weighted by molar-refractivity contribution is 7.16. The summed E-state index contributed by atoms with van der Waals surface area (Å²) in [4.78, 5) is 34.6. The van der Waals surface area contributed by atoms with Crippen LogP contribution in [0.3, 0.4) is 0 Å². The van der Waals surface area contributed by atoms with Gasteiger partial charge in [0.25, 0.3) is 0 Å². The van der Waals surface area contributed by atoms with E-state index in [4.69, 9.17) is 25.4 Å². The number of hydrogen-bond acceptors (Lipinski definition) is 13. The summed E-state index contributed by atoms with van der Waals surface area (Å²) in [6, 6.07) is 5.27. The molecule has 5 aliphatic rings. The van der Waals surface area contributed by atoms with Gasteiger partial charge >= 0.3 is 6.03 Å². The predicted molar refractivity (Wildman–Crippen MR) is 186 cm³/mol. The average molecular weight is 709 g/mol. The number of piperazine rings is 1. The Morgan fingerprint density at radius 3 is 2.78 bits per heavy atom. The van der Waals surface area contributed by atoms with Crippen molar-refractivity contribution in [2.45, 2.75) is 75.4 Å². The smallest absolute Gasteiger partial charge is 0.333 e.